The van der Waals surface area contributed by atoms with Crippen molar-refractivity contribution >= 4 is 0 Å². The molecule has 0 unspecified atom stereocenters. The summed E-state index contributed by atoms with van der Waals surface area (Å²) in [6.07, 6.45) is 7.24. The van der Waals surface area contributed by atoms with Gasteiger partial charge in [-0.3, -0.25) is 0 Å². The summed E-state index contributed by atoms with van der Waals surface area (Å²) in [6, 6.07) is 0. The Balaban J connectivity index is 2.00. The molecule has 2 aromatic rings. The molecule has 0 saturated carbocycles. The fourth-order valence-electron chi connectivity index (χ4n) is 1.66. The van der Waals surface area contributed by atoms with Gasteiger partial charge >= 0.3 is 0 Å². The Morgan fingerprint density at radius 1 is 1.22 bits per heavy atom. The van der Waals surface area contributed by atoms with Crippen LogP contribution in [0.25, 0.3) is 11.5 Å². The van der Waals surface area contributed by atoms with Gasteiger partial charge in [0.15, 0.2) is 5.82 Å². The molecule has 18 heavy (non-hydrogen) atoms. The van der Waals surface area contributed by atoms with Crippen LogP contribution in [0, 0.1) is 5.92 Å². The van der Waals surface area contributed by atoms with E-state index in [-0.39, 0.29) is 0 Å². The van der Waals surface area contributed by atoms with Crippen LogP contribution in [0.15, 0.2) is 24.9 Å². The summed E-state index contributed by atoms with van der Waals surface area (Å²) < 4.78 is 1.91. The molecular formula is C13H19N5. The van der Waals surface area contributed by atoms with Crippen molar-refractivity contribution in [3.8, 4) is 11.5 Å². The maximum Gasteiger partial charge on any atom is 0.177 e. The Kier molecular flexibility index (Phi) is 4.04. The third-order valence-electron chi connectivity index (χ3n) is 2.63. The van der Waals surface area contributed by atoms with Crippen molar-refractivity contribution in [1.82, 2.24) is 24.8 Å². The number of nitrogens with zero attached hydrogens (tertiary/aromatic N) is 4. The average molecular weight is 245 g/mol. The molecule has 0 atom stereocenters. The Morgan fingerprint density at radius 3 is 2.50 bits per heavy atom. The van der Waals surface area contributed by atoms with Gasteiger partial charge in [0.2, 0.25) is 0 Å². The zero-order chi connectivity index (χ0) is 13.0. The second-order valence-electron chi connectivity index (χ2n) is 4.83. The van der Waals surface area contributed by atoms with E-state index in [0.717, 1.165) is 24.3 Å². The van der Waals surface area contributed by atoms with Gasteiger partial charge in [0.25, 0.3) is 0 Å². The predicted octanol–water partition coefficient (Wildman–Crippen LogP) is 1.62. The lowest BCUT2D eigenvalue weighted by Crippen LogP contribution is -2.19. The van der Waals surface area contributed by atoms with Crippen molar-refractivity contribution in [3.05, 3.63) is 30.5 Å². The van der Waals surface area contributed by atoms with Gasteiger partial charge in [-0.15, -0.1) is 0 Å². The molecule has 0 aliphatic rings. The third-order valence-corrected chi connectivity index (χ3v) is 2.63. The van der Waals surface area contributed by atoms with Crippen molar-refractivity contribution in [1.29, 1.82) is 0 Å². The lowest BCUT2D eigenvalue weighted by Gasteiger charge is -2.07. The lowest BCUT2D eigenvalue weighted by molar-refractivity contribution is 0.551. The van der Waals surface area contributed by atoms with E-state index in [1.807, 2.05) is 24.0 Å². The van der Waals surface area contributed by atoms with E-state index >= 15 is 0 Å². The topological polar surface area (TPSA) is 55.6 Å². The van der Waals surface area contributed by atoms with E-state index < -0.39 is 0 Å². The zero-order valence-corrected chi connectivity index (χ0v) is 11.1. The largest absolute Gasteiger partial charge is 0.331 e. The normalized spacial score (nSPS) is 11.1. The van der Waals surface area contributed by atoms with Crippen LogP contribution in [-0.2, 0) is 13.6 Å². The molecule has 0 radical (unpaired) electrons. The van der Waals surface area contributed by atoms with Crippen LogP contribution in [0.3, 0.4) is 0 Å². The first kappa shape index (κ1) is 12.7. The second-order valence-corrected chi connectivity index (χ2v) is 4.83. The Hall–Kier alpha value is -1.75. The highest BCUT2D eigenvalue weighted by molar-refractivity contribution is 5.47. The first-order valence-corrected chi connectivity index (χ1v) is 6.15. The fourth-order valence-corrected chi connectivity index (χ4v) is 1.66. The first-order chi connectivity index (χ1) is 8.66. The van der Waals surface area contributed by atoms with Crippen molar-refractivity contribution in [2.45, 2.75) is 20.4 Å². The van der Waals surface area contributed by atoms with Crippen molar-refractivity contribution < 1.29 is 0 Å². The number of rotatable bonds is 5. The first-order valence-electron chi connectivity index (χ1n) is 6.15. The lowest BCUT2D eigenvalue weighted by atomic mass is 10.2. The van der Waals surface area contributed by atoms with Gasteiger partial charge in [0.05, 0.1) is 12.5 Å². The molecule has 2 heterocycles. The van der Waals surface area contributed by atoms with Gasteiger partial charge in [-0.2, -0.15) is 0 Å². The monoisotopic (exact) mass is 245 g/mol. The highest BCUT2D eigenvalue weighted by atomic mass is 15.1. The highest BCUT2D eigenvalue weighted by Gasteiger charge is 2.05. The van der Waals surface area contributed by atoms with Crippen LogP contribution in [0.2, 0.25) is 0 Å². The number of aryl methyl sites for hydroxylation is 1. The number of nitrogens with one attached hydrogen (secondary N) is 1. The molecule has 5 nitrogen and oxygen atoms in total. The van der Waals surface area contributed by atoms with Gasteiger partial charge in [0, 0.05) is 31.5 Å². The molecular weight excluding hydrogens is 226 g/mol. The van der Waals surface area contributed by atoms with E-state index in [4.69, 9.17) is 0 Å². The summed E-state index contributed by atoms with van der Waals surface area (Å²) in [5.41, 5.74) is 2.03. The van der Waals surface area contributed by atoms with Crippen LogP contribution in [0.4, 0.5) is 0 Å². The minimum atomic E-state index is 0.652. The molecule has 0 aliphatic heterocycles. The Labute approximate surface area is 107 Å². The molecule has 0 amide bonds. The SMILES string of the molecule is CC(C)CNCc1cnc(-c2cncn2C)nc1. The molecule has 1 N–H and O–H groups in total. The van der Waals surface area contributed by atoms with Gasteiger partial charge in [0.1, 0.15) is 5.69 Å². The van der Waals surface area contributed by atoms with Crippen LogP contribution < -0.4 is 5.32 Å². The minimum absolute atomic E-state index is 0.652. The summed E-state index contributed by atoms with van der Waals surface area (Å²) in [6.45, 7) is 6.19. The van der Waals surface area contributed by atoms with E-state index in [1.165, 1.54) is 0 Å². The maximum atomic E-state index is 4.37. The van der Waals surface area contributed by atoms with E-state index in [0.29, 0.717) is 11.7 Å². The number of aromatic nitrogens is 4. The second kappa shape index (κ2) is 5.73. The van der Waals surface area contributed by atoms with Crippen molar-refractivity contribution in [2.24, 2.45) is 13.0 Å². The highest BCUT2D eigenvalue weighted by Crippen LogP contribution is 2.12. The van der Waals surface area contributed by atoms with Crippen LogP contribution in [-0.4, -0.2) is 26.1 Å². The van der Waals surface area contributed by atoms with E-state index in [9.17, 15) is 0 Å². The molecule has 0 aliphatic carbocycles. The number of imidazole rings is 1. The fraction of sp³-hybridized carbons (Fsp3) is 0.462. The minimum Gasteiger partial charge on any atom is -0.331 e. The predicted molar refractivity (Wildman–Crippen MR) is 70.8 cm³/mol. The summed E-state index contributed by atoms with van der Waals surface area (Å²) >= 11 is 0. The molecule has 0 aromatic carbocycles. The van der Waals surface area contributed by atoms with Crippen LogP contribution >= 0.6 is 0 Å². The van der Waals surface area contributed by atoms with Gasteiger partial charge in [-0.25, -0.2) is 15.0 Å². The maximum absolute atomic E-state index is 4.37. The summed E-state index contributed by atoms with van der Waals surface area (Å²) in [4.78, 5) is 12.8. The molecule has 2 rings (SSSR count). The standard InChI is InChI=1S/C13H19N5/c1-10(2)4-14-5-11-6-16-13(17-7-11)12-8-15-9-18(12)3/h6-10,14H,4-5H2,1-3H3. The number of hydrogen-bond donors (Lipinski definition) is 1. The van der Waals surface area contributed by atoms with E-state index in [1.54, 1.807) is 12.5 Å². The zero-order valence-electron chi connectivity index (χ0n) is 11.1. The molecule has 0 saturated heterocycles. The Bertz CT molecular complexity index is 486. The molecule has 0 spiro atoms. The van der Waals surface area contributed by atoms with Gasteiger partial charge in [-0.05, 0) is 12.5 Å². The van der Waals surface area contributed by atoms with Crippen molar-refractivity contribution in [2.75, 3.05) is 6.54 Å². The third kappa shape index (κ3) is 3.13. The summed E-state index contributed by atoms with van der Waals surface area (Å²) in [7, 11) is 1.93. The molecule has 96 valence electrons. The quantitative estimate of drug-likeness (QED) is 0.869. The van der Waals surface area contributed by atoms with Gasteiger partial charge in [-0.1, -0.05) is 13.8 Å². The summed E-state index contributed by atoms with van der Waals surface area (Å²) in [5, 5.41) is 3.37. The Morgan fingerprint density at radius 2 is 1.94 bits per heavy atom. The smallest absolute Gasteiger partial charge is 0.177 e. The molecule has 2 aromatic heterocycles. The van der Waals surface area contributed by atoms with Crippen LogP contribution in [0.5, 0.6) is 0 Å². The molecule has 5 heteroatoms. The van der Waals surface area contributed by atoms with Gasteiger partial charge < -0.3 is 9.88 Å². The number of hydrogen-bond acceptors (Lipinski definition) is 4. The van der Waals surface area contributed by atoms with Crippen LogP contribution in [0.1, 0.15) is 19.4 Å². The molecule has 0 bridgehead atoms. The van der Waals surface area contributed by atoms with E-state index in [2.05, 4.69) is 34.1 Å². The van der Waals surface area contributed by atoms with Crippen molar-refractivity contribution in [3.63, 3.8) is 0 Å². The average Bonchev–Trinajstić information content (AvgIpc) is 2.76. The molecule has 0 fully saturated rings. The summed E-state index contributed by atoms with van der Waals surface area (Å²) in [5.74, 6) is 1.36.